The Hall–Kier alpha value is -3.42. The van der Waals surface area contributed by atoms with Crippen molar-refractivity contribution in [3.05, 3.63) is 58.2 Å². The Morgan fingerprint density at radius 3 is 2.83 bits per heavy atom. The first-order chi connectivity index (χ1) is 14.1. The van der Waals surface area contributed by atoms with Crippen molar-refractivity contribution in [2.45, 2.75) is 19.8 Å². The van der Waals surface area contributed by atoms with Crippen molar-refractivity contribution in [1.29, 1.82) is 0 Å². The summed E-state index contributed by atoms with van der Waals surface area (Å²) in [6, 6.07) is 10.4. The van der Waals surface area contributed by atoms with E-state index in [-0.39, 0.29) is 18.7 Å². The number of carbonyl (C=O) groups is 1. The second kappa shape index (κ2) is 8.30. The normalized spacial score (nSPS) is 13.6. The summed E-state index contributed by atoms with van der Waals surface area (Å²) in [5.41, 5.74) is -0.244. The lowest BCUT2D eigenvalue weighted by molar-refractivity contribution is 0.0943. The van der Waals surface area contributed by atoms with Crippen LogP contribution in [0.4, 0.5) is 5.82 Å². The van der Waals surface area contributed by atoms with E-state index in [0.717, 1.165) is 31.7 Å². The van der Waals surface area contributed by atoms with Gasteiger partial charge in [-0.1, -0.05) is 18.2 Å². The summed E-state index contributed by atoms with van der Waals surface area (Å²) in [5, 5.41) is 3.38. The maximum atomic E-state index is 12.3. The van der Waals surface area contributed by atoms with E-state index < -0.39 is 11.5 Å². The number of amides is 1. The zero-order valence-electron chi connectivity index (χ0n) is 16.2. The van der Waals surface area contributed by atoms with Gasteiger partial charge in [-0.25, -0.2) is 9.78 Å². The molecule has 0 atom stereocenters. The van der Waals surface area contributed by atoms with Crippen molar-refractivity contribution in [2.24, 2.45) is 0 Å². The number of para-hydroxylation sites is 1. The van der Waals surface area contributed by atoms with E-state index in [1.54, 1.807) is 18.2 Å². The number of rotatable bonds is 6. The first-order valence-corrected chi connectivity index (χ1v) is 9.65. The number of aryl methyl sites for hydroxylation is 1. The maximum Gasteiger partial charge on any atom is 0.349 e. The summed E-state index contributed by atoms with van der Waals surface area (Å²) in [4.78, 5) is 35.4. The van der Waals surface area contributed by atoms with E-state index >= 15 is 0 Å². The van der Waals surface area contributed by atoms with Gasteiger partial charge >= 0.3 is 5.63 Å². The second-order valence-corrected chi connectivity index (χ2v) is 6.90. The van der Waals surface area contributed by atoms with Crippen molar-refractivity contribution in [1.82, 2.24) is 15.3 Å². The number of nitrogens with one attached hydrogen (secondary N) is 1. The standard InChI is InChI=1S/C21H22N4O4/c1-14-23-18(25-9-4-5-10-25)13-19(24-14)28-11-8-22-20(26)16-12-15-6-2-3-7-17(15)29-21(16)27/h2-3,6-7,12-13H,4-5,8-11H2,1H3,(H,22,26). The number of anilines is 1. The molecular weight excluding hydrogens is 372 g/mol. The third-order valence-electron chi connectivity index (χ3n) is 4.75. The van der Waals surface area contributed by atoms with Gasteiger partial charge in [-0.15, -0.1) is 0 Å². The lowest BCUT2D eigenvalue weighted by Crippen LogP contribution is -2.31. The molecule has 0 saturated carbocycles. The van der Waals surface area contributed by atoms with Gasteiger partial charge < -0.3 is 19.4 Å². The minimum Gasteiger partial charge on any atom is -0.476 e. The lowest BCUT2D eigenvalue weighted by Gasteiger charge is -2.17. The van der Waals surface area contributed by atoms with Gasteiger partial charge in [0.05, 0.1) is 6.54 Å². The highest BCUT2D eigenvalue weighted by atomic mass is 16.5. The molecule has 1 N–H and O–H groups in total. The number of benzene rings is 1. The van der Waals surface area contributed by atoms with Crippen LogP contribution in [-0.4, -0.2) is 42.1 Å². The predicted molar refractivity (Wildman–Crippen MR) is 109 cm³/mol. The average molecular weight is 394 g/mol. The molecule has 1 saturated heterocycles. The third-order valence-corrected chi connectivity index (χ3v) is 4.75. The Kier molecular flexibility index (Phi) is 5.41. The summed E-state index contributed by atoms with van der Waals surface area (Å²) < 4.78 is 10.9. The molecule has 8 heteroatoms. The minimum atomic E-state index is -0.663. The molecule has 0 unspecified atom stereocenters. The van der Waals surface area contributed by atoms with Crippen LogP contribution in [0.25, 0.3) is 11.0 Å². The number of fused-ring (bicyclic) bond motifs is 1. The topological polar surface area (TPSA) is 97.6 Å². The van der Waals surface area contributed by atoms with Crippen LogP contribution in [-0.2, 0) is 0 Å². The molecule has 1 aliphatic heterocycles. The van der Waals surface area contributed by atoms with Crippen molar-refractivity contribution < 1.29 is 13.9 Å². The molecule has 1 fully saturated rings. The SMILES string of the molecule is Cc1nc(OCCNC(=O)c2cc3ccccc3oc2=O)cc(N2CCCC2)n1. The van der Waals surface area contributed by atoms with Crippen LogP contribution in [0.1, 0.15) is 29.0 Å². The molecule has 1 aliphatic rings. The van der Waals surface area contributed by atoms with Crippen LogP contribution < -0.4 is 20.6 Å². The molecular formula is C21H22N4O4. The van der Waals surface area contributed by atoms with Crippen molar-refractivity contribution in [3.8, 4) is 5.88 Å². The van der Waals surface area contributed by atoms with Gasteiger partial charge in [0.1, 0.15) is 29.4 Å². The number of nitrogens with zero attached hydrogens (tertiary/aromatic N) is 3. The lowest BCUT2D eigenvalue weighted by atomic mass is 10.2. The fourth-order valence-electron chi connectivity index (χ4n) is 3.34. The highest BCUT2D eigenvalue weighted by Gasteiger charge is 2.16. The van der Waals surface area contributed by atoms with E-state index in [1.807, 2.05) is 19.1 Å². The molecule has 3 aromatic rings. The van der Waals surface area contributed by atoms with E-state index in [4.69, 9.17) is 9.15 Å². The Morgan fingerprint density at radius 1 is 1.21 bits per heavy atom. The number of ether oxygens (including phenoxy) is 1. The zero-order chi connectivity index (χ0) is 20.2. The fourth-order valence-corrected chi connectivity index (χ4v) is 3.34. The van der Waals surface area contributed by atoms with Crippen LogP contribution >= 0.6 is 0 Å². The van der Waals surface area contributed by atoms with Crippen LogP contribution in [0, 0.1) is 6.92 Å². The molecule has 0 bridgehead atoms. The van der Waals surface area contributed by atoms with Crippen LogP contribution in [0.15, 0.2) is 45.6 Å². The first kappa shape index (κ1) is 18.9. The van der Waals surface area contributed by atoms with Gasteiger partial charge in [-0.3, -0.25) is 4.79 Å². The Bertz CT molecular complexity index is 1090. The Labute approximate surface area is 167 Å². The predicted octanol–water partition coefficient (Wildman–Crippen LogP) is 2.30. The monoisotopic (exact) mass is 394 g/mol. The Balaban J connectivity index is 1.35. The van der Waals surface area contributed by atoms with Crippen LogP contribution in [0.3, 0.4) is 0 Å². The molecule has 1 amide bonds. The molecule has 150 valence electrons. The number of aromatic nitrogens is 2. The molecule has 4 rings (SSSR count). The molecule has 8 nitrogen and oxygen atoms in total. The highest BCUT2D eigenvalue weighted by molar-refractivity contribution is 5.96. The largest absolute Gasteiger partial charge is 0.476 e. The minimum absolute atomic E-state index is 0.0297. The number of carbonyl (C=O) groups excluding carboxylic acids is 1. The average Bonchev–Trinajstić information content (AvgIpc) is 3.25. The van der Waals surface area contributed by atoms with Gasteiger partial charge in [0.15, 0.2) is 0 Å². The molecule has 29 heavy (non-hydrogen) atoms. The molecule has 1 aromatic carbocycles. The molecule has 0 aliphatic carbocycles. The van der Waals surface area contributed by atoms with E-state index in [1.165, 1.54) is 6.07 Å². The summed E-state index contributed by atoms with van der Waals surface area (Å²) in [5.74, 6) is 1.48. The van der Waals surface area contributed by atoms with Crippen molar-refractivity contribution in [2.75, 3.05) is 31.1 Å². The van der Waals surface area contributed by atoms with E-state index in [9.17, 15) is 9.59 Å². The van der Waals surface area contributed by atoms with Crippen molar-refractivity contribution in [3.63, 3.8) is 0 Å². The second-order valence-electron chi connectivity index (χ2n) is 6.90. The smallest absolute Gasteiger partial charge is 0.349 e. The number of hydrogen-bond acceptors (Lipinski definition) is 7. The zero-order valence-corrected chi connectivity index (χ0v) is 16.2. The fraction of sp³-hybridized carbons (Fsp3) is 0.333. The quantitative estimate of drug-likeness (QED) is 0.506. The van der Waals surface area contributed by atoms with Gasteiger partial charge in [-0.2, -0.15) is 4.98 Å². The Morgan fingerprint density at radius 2 is 2.00 bits per heavy atom. The summed E-state index contributed by atoms with van der Waals surface area (Å²) >= 11 is 0. The van der Waals surface area contributed by atoms with E-state index in [0.29, 0.717) is 22.7 Å². The van der Waals surface area contributed by atoms with Crippen LogP contribution in [0.5, 0.6) is 5.88 Å². The maximum absolute atomic E-state index is 12.3. The first-order valence-electron chi connectivity index (χ1n) is 9.65. The van der Waals surface area contributed by atoms with Gasteiger partial charge in [0, 0.05) is 24.5 Å². The number of hydrogen-bond donors (Lipinski definition) is 1. The molecule has 3 heterocycles. The third kappa shape index (κ3) is 4.37. The van der Waals surface area contributed by atoms with E-state index in [2.05, 4.69) is 20.2 Å². The van der Waals surface area contributed by atoms with Crippen LogP contribution in [0.2, 0.25) is 0 Å². The summed E-state index contributed by atoms with van der Waals surface area (Å²) in [6.07, 6.45) is 2.32. The summed E-state index contributed by atoms with van der Waals surface area (Å²) in [6.45, 7) is 4.25. The van der Waals surface area contributed by atoms with Gasteiger partial charge in [-0.05, 0) is 31.9 Å². The van der Waals surface area contributed by atoms with Gasteiger partial charge in [0.25, 0.3) is 5.91 Å². The van der Waals surface area contributed by atoms with Crippen molar-refractivity contribution >= 4 is 22.7 Å². The molecule has 2 aromatic heterocycles. The molecule has 0 radical (unpaired) electrons. The summed E-state index contributed by atoms with van der Waals surface area (Å²) in [7, 11) is 0. The highest BCUT2D eigenvalue weighted by Crippen LogP contribution is 2.21. The van der Waals surface area contributed by atoms with Gasteiger partial charge in [0.2, 0.25) is 5.88 Å². The molecule has 0 spiro atoms.